The third-order valence-corrected chi connectivity index (χ3v) is 8.99. The molecule has 0 bridgehead atoms. The van der Waals surface area contributed by atoms with Crippen LogP contribution in [0, 0.1) is 11.8 Å². The molecule has 3 unspecified atom stereocenters. The van der Waals surface area contributed by atoms with E-state index >= 15 is 0 Å². The van der Waals surface area contributed by atoms with Gasteiger partial charge in [0.2, 0.25) is 0 Å². The number of hydrogen-bond donors (Lipinski definition) is 1. The molecule has 1 fully saturated rings. The highest BCUT2D eigenvalue weighted by Gasteiger charge is 2.43. The highest BCUT2D eigenvalue weighted by molar-refractivity contribution is 7.80. The molecule has 4 aromatic rings. The van der Waals surface area contributed by atoms with Crippen LogP contribution < -0.4 is 4.74 Å². The molecule has 0 spiro atoms. The van der Waals surface area contributed by atoms with Crippen molar-refractivity contribution in [2.24, 2.45) is 25.9 Å². The van der Waals surface area contributed by atoms with Gasteiger partial charge in [-0.1, -0.05) is 25.1 Å². The van der Waals surface area contributed by atoms with E-state index in [1.807, 2.05) is 25.2 Å². The molecule has 3 aromatic heterocycles. The van der Waals surface area contributed by atoms with E-state index in [-0.39, 0.29) is 5.60 Å². The molecule has 6 rings (SSSR count). The molecule has 37 heavy (non-hydrogen) atoms. The van der Waals surface area contributed by atoms with Crippen molar-refractivity contribution in [2.45, 2.75) is 51.6 Å². The standard InChI is InChI=1S/C30H35N5OS/c1-19(18-37)21-10-9-15-30(21,2)36-20-16-24(28-32-22-11-5-7-13-26(22)34(28)3)31-25(17-20)29-33-23-12-6-8-14-27(23)35(29)4/h5-7,11-13,16-17,19,21,37H,8-10,14-15,18H2,1-4H3. The fourth-order valence-corrected chi connectivity index (χ4v) is 6.62. The van der Waals surface area contributed by atoms with Crippen LogP contribution in [0.2, 0.25) is 0 Å². The zero-order valence-corrected chi connectivity index (χ0v) is 23.0. The molecule has 7 heteroatoms. The summed E-state index contributed by atoms with van der Waals surface area (Å²) in [6.07, 6.45) is 9.73. The van der Waals surface area contributed by atoms with Gasteiger partial charge in [-0.25, -0.2) is 15.0 Å². The van der Waals surface area contributed by atoms with Crippen LogP contribution in [0.25, 0.3) is 40.1 Å². The predicted octanol–water partition coefficient (Wildman–Crippen LogP) is 6.50. The number of pyridine rings is 1. The van der Waals surface area contributed by atoms with Crippen LogP contribution in [0.5, 0.6) is 5.75 Å². The van der Waals surface area contributed by atoms with E-state index < -0.39 is 0 Å². The summed E-state index contributed by atoms with van der Waals surface area (Å²) >= 11 is 4.61. The topological polar surface area (TPSA) is 57.8 Å². The molecule has 192 valence electrons. The number of thiol groups is 1. The molecule has 1 aromatic carbocycles. The number of para-hydroxylation sites is 2. The second-order valence-electron chi connectivity index (χ2n) is 10.9. The Hall–Kier alpha value is -3.06. The van der Waals surface area contributed by atoms with Gasteiger partial charge in [-0.2, -0.15) is 12.6 Å². The van der Waals surface area contributed by atoms with Gasteiger partial charge in [0.15, 0.2) is 11.6 Å². The maximum Gasteiger partial charge on any atom is 0.159 e. The van der Waals surface area contributed by atoms with Gasteiger partial charge in [-0.3, -0.25) is 0 Å². The largest absolute Gasteiger partial charge is 0.487 e. The average Bonchev–Trinajstić information content (AvgIpc) is 3.57. The monoisotopic (exact) mass is 513 g/mol. The highest BCUT2D eigenvalue weighted by atomic mass is 32.1. The Morgan fingerprint density at radius 3 is 2.57 bits per heavy atom. The van der Waals surface area contributed by atoms with Crippen molar-refractivity contribution in [1.82, 2.24) is 24.1 Å². The fraction of sp³-hybridized carbons (Fsp3) is 0.433. The number of ether oxygens (including phenoxy) is 1. The quantitative estimate of drug-likeness (QED) is 0.299. The number of fused-ring (bicyclic) bond motifs is 2. The minimum Gasteiger partial charge on any atom is -0.487 e. The van der Waals surface area contributed by atoms with Crippen molar-refractivity contribution in [1.29, 1.82) is 0 Å². The number of benzene rings is 1. The van der Waals surface area contributed by atoms with Crippen molar-refractivity contribution >= 4 is 29.7 Å². The molecular weight excluding hydrogens is 478 g/mol. The average molecular weight is 514 g/mol. The molecule has 3 atom stereocenters. The summed E-state index contributed by atoms with van der Waals surface area (Å²) in [5.41, 5.74) is 5.68. The summed E-state index contributed by atoms with van der Waals surface area (Å²) in [6.45, 7) is 4.56. The van der Waals surface area contributed by atoms with Gasteiger partial charge in [0.05, 0.1) is 16.7 Å². The zero-order chi connectivity index (χ0) is 25.7. The van der Waals surface area contributed by atoms with Crippen molar-refractivity contribution < 1.29 is 4.74 Å². The van der Waals surface area contributed by atoms with Crippen molar-refractivity contribution in [3.8, 4) is 28.8 Å². The maximum absolute atomic E-state index is 6.92. The van der Waals surface area contributed by atoms with Gasteiger partial charge >= 0.3 is 0 Å². The van der Waals surface area contributed by atoms with Crippen LogP contribution in [0.1, 0.15) is 50.9 Å². The molecule has 6 nitrogen and oxygen atoms in total. The molecule has 3 heterocycles. The van der Waals surface area contributed by atoms with Crippen molar-refractivity contribution in [2.75, 3.05) is 5.75 Å². The fourth-order valence-electron chi connectivity index (χ4n) is 6.37. The maximum atomic E-state index is 6.92. The summed E-state index contributed by atoms with van der Waals surface area (Å²) in [6, 6.07) is 12.3. The Morgan fingerprint density at radius 2 is 1.84 bits per heavy atom. The summed E-state index contributed by atoms with van der Waals surface area (Å²) < 4.78 is 11.2. The van der Waals surface area contributed by atoms with Crippen LogP contribution in [0.15, 0.2) is 42.5 Å². The number of imidazole rings is 2. The van der Waals surface area contributed by atoms with Gasteiger partial charge < -0.3 is 13.9 Å². The highest BCUT2D eigenvalue weighted by Crippen LogP contribution is 2.44. The van der Waals surface area contributed by atoms with Gasteiger partial charge in [0.1, 0.15) is 22.7 Å². The van der Waals surface area contributed by atoms with E-state index in [4.69, 9.17) is 19.7 Å². The zero-order valence-electron chi connectivity index (χ0n) is 22.1. The number of aromatic nitrogens is 5. The number of allylic oxidation sites excluding steroid dienone is 1. The Balaban J connectivity index is 1.49. The smallest absolute Gasteiger partial charge is 0.159 e. The van der Waals surface area contributed by atoms with E-state index in [0.717, 1.165) is 70.5 Å². The summed E-state index contributed by atoms with van der Waals surface area (Å²) in [5.74, 6) is 4.32. The minimum absolute atomic E-state index is 0.242. The third-order valence-electron chi connectivity index (χ3n) is 8.41. The van der Waals surface area contributed by atoms with Gasteiger partial charge in [-0.05, 0) is 68.9 Å². The first-order valence-corrected chi connectivity index (χ1v) is 14.0. The molecule has 0 radical (unpaired) electrons. The summed E-state index contributed by atoms with van der Waals surface area (Å²) in [7, 11) is 4.14. The lowest BCUT2D eigenvalue weighted by atomic mass is 9.83. The predicted molar refractivity (Wildman–Crippen MR) is 153 cm³/mol. The molecule has 1 saturated carbocycles. The van der Waals surface area contributed by atoms with Crippen LogP contribution in [0.4, 0.5) is 0 Å². The Morgan fingerprint density at radius 1 is 1.08 bits per heavy atom. The third kappa shape index (κ3) is 4.17. The lowest BCUT2D eigenvalue weighted by molar-refractivity contribution is 0.0293. The lowest BCUT2D eigenvalue weighted by Gasteiger charge is -2.36. The Kier molecular flexibility index (Phi) is 6.14. The number of hydrogen-bond acceptors (Lipinski definition) is 5. The van der Waals surface area contributed by atoms with E-state index in [2.05, 4.69) is 73.0 Å². The SMILES string of the molecule is CC(CS)C1CCCC1(C)Oc1cc(-c2nc3c(n2C)CCC=C3)nc(-c2nc3ccccc3n2C)c1. The molecule has 2 aliphatic carbocycles. The molecule has 0 aliphatic heterocycles. The first-order chi connectivity index (χ1) is 17.9. The van der Waals surface area contributed by atoms with E-state index in [1.165, 1.54) is 18.5 Å². The van der Waals surface area contributed by atoms with Crippen LogP contribution in [-0.4, -0.2) is 35.4 Å². The lowest BCUT2D eigenvalue weighted by Crippen LogP contribution is -2.40. The van der Waals surface area contributed by atoms with Gasteiger partial charge in [-0.15, -0.1) is 0 Å². The second-order valence-corrected chi connectivity index (χ2v) is 11.3. The number of nitrogens with zero attached hydrogens (tertiary/aromatic N) is 5. The normalized spacial score (nSPS) is 21.9. The molecule has 2 aliphatic rings. The van der Waals surface area contributed by atoms with E-state index in [1.54, 1.807) is 0 Å². The molecule has 0 N–H and O–H groups in total. The van der Waals surface area contributed by atoms with Crippen molar-refractivity contribution in [3.05, 3.63) is 53.9 Å². The first kappa shape index (κ1) is 24.3. The number of aryl methyl sites for hydroxylation is 1. The Bertz CT molecular complexity index is 1500. The minimum atomic E-state index is -0.242. The molecular formula is C30H35N5OS. The van der Waals surface area contributed by atoms with Crippen LogP contribution in [0.3, 0.4) is 0 Å². The van der Waals surface area contributed by atoms with Crippen molar-refractivity contribution in [3.63, 3.8) is 0 Å². The Labute approximate surface area is 224 Å². The first-order valence-electron chi connectivity index (χ1n) is 13.3. The summed E-state index contributed by atoms with van der Waals surface area (Å²) in [4.78, 5) is 15.1. The van der Waals surface area contributed by atoms with Crippen LogP contribution >= 0.6 is 12.6 Å². The van der Waals surface area contributed by atoms with Gasteiger partial charge in [0, 0.05) is 37.8 Å². The second kappa shape index (κ2) is 9.35. The van der Waals surface area contributed by atoms with Gasteiger partial charge in [0.25, 0.3) is 0 Å². The molecule has 0 saturated heterocycles. The van der Waals surface area contributed by atoms with E-state index in [9.17, 15) is 0 Å². The molecule has 0 amide bonds. The summed E-state index contributed by atoms with van der Waals surface area (Å²) in [5, 5.41) is 0. The van der Waals surface area contributed by atoms with E-state index in [0.29, 0.717) is 11.8 Å². The van der Waals surface area contributed by atoms with Crippen LogP contribution in [-0.2, 0) is 20.5 Å². The number of rotatable bonds is 6.